The van der Waals surface area contributed by atoms with Gasteiger partial charge in [-0.05, 0) is 47.9 Å². The van der Waals surface area contributed by atoms with Gasteiger partial charge in [0.15, 0.2) is 0 Å². The van der Waals surface area contributed by atoms with Crippen molar-refractivity contribution in [2.75, 3.05) is 0 Å². The molecule has 0 saturated heterocycles. The lowest BCUT2D eigenvalue weighted by Gasteiger charge is -2.09. The monoisotopic (exact) mass is 255 g/mol. The van der Waals surface area contributed by atoms with E-state index in [1.807, 2.05) is 0 Å². The molecule has 0 aliphatic heterocycles. The summed E-state index contributed by atoms with van der Waals surface area (Å²) < 4.78 is 50.7. The molecule has 0 fully saturated rings. The van der Waals surface area contributed by atoms with E-state index >= 15 is 0 Å². The van der Waals surface area contributed by atoms with Crippen LogP contribution in [0.15, 0.2) is 42.7 Å². The van der Waals surface area contributed by atoms with Crippen molar-refractivity contribution in [3.8, 4) is 0 Å². The smallest absolute Gasteiger partial charge is 0.265 e. The summed E-state index contributed by atoms with van der Waals surface area (Å²) in [6, 6.07) is 5.92. The fraction of sp³-hybridized carbons (Fsp3) is 0.154. The van der Waals surface area contributed by atoms with Crippen molar-refractivity contribution in [2.45, 2.75) is 12.6 Å². The van der Waals surface area contributed by atoms with Crippen molar-refractivity contribution in [3.05, 3.63) is 65.2 Å². The van der Waals surface area contributed by atoms with Crippen LogP contribution in [-0.4, -0.2) is 4.98 Å². The predicted octanol–water partition coefficient (Wildman–Crippen LogP) is 3.83. The molecule has 18 heavy (non-hydrogen) atoms. The molecule has 5 heteroatoms. The molecular weight excluding hydrogens is 246 g/mol. The summed E-state index contributed by atoms with van der Waals surface area (Å²) >= 11 is 0. The van der Waals surface area contributed by atoms with E-state index in [-0.39, 0.29) is 12.0 Å². The van der Waals surface area contributed by atoms with Gasteiger partial charge >= 0.3 is 6.18 Å². The molecule has 0 unspecified atom stereocenters. The maximum Gasteiger partial charge on any atom is 0.416 e. The Kier molecular flexibility index (Phi) is 3.32. The van der Waals surface area contributed by atoms with E-state index in [0.29, 0.717) is 6.07 Å². The molecule has 0 spiro atoms. The molecule has 0 N–H and O–H groups in total. The van der Waals surface area contributed by atoms with Gasteiger partial charge in [0, 0.05) is 12.4 Å². The summed E-state index contributed by atoms with van der Waals surface area (Å²) in [5, 5.41) is 0. The molecule has 1 heterocycles. The third-order valence-corrected chi connectivity index (χ3v) is 2.44. The van der Waals surface area contributed by atoms with E-state index in [2.05, 4.69) is 4.98 Å². The quantitative estimate of drug-likeness (QED) is 0.743. The summed E-state index contributed by atoms with van der Waals surface area (Å²) in [6.07, 6.45) is -1.21. The second-order valence-corrected chi connectivity index (χ2v) is 3.88. The fourth-order valence-electron chi connectivity index (χ4n) is 1.65. The lowest BCUT2D eigenvalue weighted by molar-refractivity contribution is -0.137. The maximum atomic E-state index is 13.1. The normalized spacial score (nSPS) is 11.6. The van der Waals surface area contributed by atoms with Crippen molar-refractivity contribution in [1.29, 1.82) is 0 Å². The summed E-state index contributed by atoms with van der Waals surface area (Å²) in [5.74, 6) is -0.881. The Bertz CT molecular complexity index is 534. The number of alkyl halides is 3. The Labute approximate surface area is 101 Å². The minimum absolute atomic E-state index is 0.239. The van der Waals surface area contributed by atoms with Gasteiger partial charge in [0.2, 0.25) is 0 Å². The molecule has 2 rings (SSSR count). The first-order valence-electron chi connectivity index (χ1n) is 5.21. The molecule has 0 bridgehead atoms. The molecule has 0 saturated carbocycles. The van der Waals surface area contributed by atoms with E-state index < -0.39 is 17.6 Å². The summed E-state index contributed by atoms with van der Waals surface area (Å²) in [6.45, 7) is 0. The second-order valence-electron chi connectivity index (χ2n) is 3.88. The third kappa shape index (κ3) is 3.06. The Morgan fingerprint density at radius 3 is 2.22 bits per heavy atom. The lowest BCUT2D eigenvalue weighted by atomic mass is 10.0. The first kappa shape index (κ1) is 12.5. The van der Waals surface area contributed by atoms with Gasteiger partial charge in [-0.1, -0.05) is 0 Å². The minimum Gasteiger partial charge on any atom is -0.265 e. The van der Waals surface area contributed by atoms with Crippen LogP contribution >= 0.6 is 0 Å². The highest BCUT2D eigenvalue weighted by Gasteiger charge is 2.31. The van der Waals surface area contributed by atoms with Crippen LogP contribution in [-0.2, 0) is 12.6 Å². The van der Waals surface area contributed by atoms with Gasteiger partial charge < -0.3 is 0 Å². The molecule has 1 nitrogen and oxygen atoms in total. The largest absolute Gasteiger partial charge is 0.416 e. The van der Waals surface area contributed by atoms with Gasteiger partial charge in [-0.25, -0.2) is 4.39 Å². The number of nitrogens with zero attached hydrogens (tertiary/aromatic N) is 1. The average molecular weight is 255 g/mol. The van der Waals surface area contributed by atoms with Crippen molar-refractivity contribution in [1.82, 2.24) is 4.98 Å². The van der Waals surface area contributed by atoms with Crippen LogP contribution in [0, 0.1) is 5.82 Å². The Morgan fingerprint density at radius 2 is 1.61 bits per heavy atom. The molecule has 0 aliphatic carbocycles. The zero-order valence-electron chi connectivity index (χ0n) is 9.21. The number of benzene rings is 1. The van der Waals surface area contributed by atoms with Gasteiger partial charge in [-0.15, -0.1) is 0 Å². The average Bonchev–Trinajstić information content (AvgIpc) is 2.28. The fourth-order valence-corrected chi connectivity index (χ4v) is 1.65. The zero-order valence-corrected chi connectivity index (χ0v) is 9.21. The van der Waals surface area contributed by atoms with Crippen LogP contribution in [0.25, 0.3) is 0 Å². The van der Waals surface area contributed by atoms with E-state index in [4.69, 9.17) is 0 Å². The Morgan fingerprint density at radius 1 is 0.944 bits per heavy atom. The molecule has 0 amide bonds. The van der Waals surface area contributed by atoms with Crippen LogP contribution in [0.2, 0.25) is 0 Å². The second kappa shape index (κ2) is 4.76. The van der Waals surface area contributed by atoms with Crippen molar-refractivity contribution < 1.29 is 17.6 Å². The van der Waals surface area contributed by atoms with Crippen LogP contribution in [0.1, 0.15) is 16.7 Å². The third-order valence-electron chi connectivity index (χ3n) is 2.44. The minimum atomic E-state index is -4.53. The van der Waals surface area contributed by atoms with Gasteiger partial charge in [0.1, 0.15) is 5.82 Å². The number of hydrogen-bond acceptors (Lipinski definition) is 1. The molecule has 0 radical (unpaired) electrons. The maximum absolute atomic E-state index is 13.1. The van der Waals surface area contributed by atoms with Gasteiger partial charge in [0.25, 0.3) is 0 Å². The Balaban J connectivity index is 2.32. The molecule has 0 aliphatic rings. The van der Waals surface area contributed by atoms with Crippen LogP contribution in [0.5, 0.6) is 0 Å². The highest BCUT2D eigenvalue weighted by molar-refractivity contribution is 5.30. The first-order chi connectivity index (χ1) is 8.45. The van der Waals surface area contributed by atoms with E-state index in [1.165, 1.54) is 0 Å². The molecule has 94 valence electrons. The van der Waals surface area contributed by atoms with Crippen LogP contribution in [0.4, 0.5) is 17.6 Å². The number of pyridine rings is 1. The number of hydrogen-bond donors (Lipinski definition) is 0. The summed E-state index contributed by atoms with van der Waals surface area (Å²) in [4.78, 5) is 3.81. The SMILES string of the molecule is Fc1cc(Cc2ccncc2)cc(C(F)(F)F)c1. The van der Waals surface area contributed by atoms with Gasteiger partial charge in [-0.3, -0.25) is 4.98 Å². The van der Waals surface area contributed by atoms with E-state index in [1.54, 1.807) is 24.5 Å². The van der Waals surface area contributed by atoms with E-state index in [0.717, 1.165) is 17.7 Å². The van der Waals surface area contributed by atoms with Crippen molar-refractivity contribution in [2.24, 2.45) is 0 Å². The molecule has 1 aromatic heterocycles. The lowest BCUT2D eigenvalue weighted by Crippen LogP contribution is -2.06. The topological polar surface area (TPSA) is 12.9 Å². The highest BCUT2D eigenvalue weighted by atomic mass is 19.4. The zero-order chi connectivity index (χ0) is 13.2. The first-order valence-corrected chi connectivity index (χ1v) is 5.21. The van der Waals surface area contributed by atoms with E-state index in [9.17, 15) is 17.6 Å². The molecule has 2 aromatic rings. The molecule has 0 atom stereocenters. The van der Waals surface area contributed by atoms with Gasteiger partial charge in [-0.2, -0.15) is 13.2 Å². The molecular formula is C13H9F4N. The number of aromatic nitrogens is 1. The van der Waals surface area contributed by atoms with Crippen LogP contribution in [0.3, 0.4) is 0 Å². The standard InChI is InChI=1S/C13H9F4N/c14-12-7-10(5-9-1-3-18-4-2-9)6-11(8-12)13(15,16)17/h1-4,6-8H,5H2. The summed E-state index contributed by atoms with van der Waals surface area (Å²) in [7, 11) is 0. The Hall–Kier alpha value is -1.91. The predicted molar refractivity (Wildman–Crippen MR) is 58.4 cm³/mol. The van der Waals surface area contributed by atoms with Crippen molar-refractivity contribution >= 4 is 0 Å². The highest BCUT2D eigenvalue weighted by Crippen LogP contribution is 2.30. The summed E-state index contributed by atoms with van der Waals surface area (Å²) in [5.41, 5.74) is 0.101. The molecule has 1 aromatic carbocycles. The number of rotatable bonds is 2. The van der Waals surface area contributed by atoms with Gasteiger partial charge in [0.05, 0.1) is 5.56 Å². The number of halogens is 4. The van der Waals surface area contributed by atoms with Crippen LogP contribution < -0.4 is 0 Å². The van der Waals surface area contributed by atoms with Crippen molar-refractivity contribution in [3.63, 3.8) is 0 Å².